The van der Waals surface area contributed by atoms with Gasteiger partial charge in [0.2, 0.25) is 0 Å². The molecule has 2 N–H and O–H groups in total. The summed E-state index contributed by atoms with van der Waals surface area (Å²) < 4.78 is 1.41. The smallest absolute Gasteiger partial charge is 0.423 e. The molecule has 0 aliphatic carbocycles. The largest absolute Gasteiger partial charge is 0.490 e. The third-order valence-corrected chi connectivity index (χ3v) is 3.72. The molecule has 6 heteroatoms. The summed E-state index contributed by atoms with van der Waals surface area (Å²) in [7, 11) is -1.55. The van der Waals surface area contributed by atoms with Crippen molar-refractivity contribution in [3.8, 4) is 0 Å². The molecule has 1 aromatic carbocycles. The highest BCUT2D eigenvalue weighted by atomic mass is 35.5. The maximum atomic E-state index is 9.01. The summed E-state index contributed by atoms with van der Waals surface area (Å²) in [6.07, 6.45) is 0. The van der Waals surface area contributed by atoms with Crippen LogP contribution in [0.1, 0.15) is 0 Å². The fourth-order valence-electron chi connectivity index (χ4n) is 1.25. The summed E-state index contributed by atoms with van der Waals surface area (Å²) in [4.78, 5) is 0. The van der Waals surface area contributed by atoms with E-state index in [-0.39, 0.29) is 0 Å². The molecule has 0 radical (unpaired) electrons. The minimum Gasteiger partial charge on any atom is -0.423 e. The van der Waals surface area contributed by atoms with Gasteiger partial charge in [-0.25, -0.2) is 0 Å². The van der Waals surface area contributed by atoms with E-state index >= 15 is 0 Å². The van der Waals surface area contributed by atoms with Crippen LogP contribution in [0, 0.1) is 0 Å². The van der Waals surface area contributed by atoms with Crippen LogP contribution >= 0.6 is 34.5 Å². The molecule has 0 unspecified atom stereocenters. The lowest BCUT2D eigenvalue weighted by Gasteiger charge is -2.02. The first-order valence-electron chi connectivity index (χ1n) is 3.83. The van der Waals surface area contributed by atoms with Crippen LogP contribution < -0.4 is 5.46 Å². The Labute approximate surface area is 94.8 Å². The molecule has 72 valence electrons. The van der Waals surface area contributed by atoms with Gasteiger partial charge >= 0.3 is 7.12 Å². The molecule has 0 spiro atoms. The van der Waals surface area contributed by atoms with Gasteiger partial charge in [0.25, 0.3) is 0 Å². The molecular weight excluding hydrogens is 242 g/mol. The molecule has 2 aromatic rings. The van der Waals surface area contributed by atoms with Gasteiger partial charge in [0.15, 0.2) is 0 Å². The van der Waals surface area contributed by atoms with Crippen molar-refractivity contribution in [3.63, 3.8) is 0 Å². The zero-order chi connectivity index (χ0) is 10.3. The lowest BCUT2D eigenvalue weighted by molar-refractivity contribution is 0.426. The quantitative estimate of drug-likeness (QED) is 0.755. The van der Waals surface area contributed by atoms with Gasteiger partial charge in [-0.1, -0.05) is 35.3 Å². The van der Waals surface area contributed by atoms with E-state index in [2.05, 4.69) is 0 Å². The molecule has 2 nitrogen and oxygen atoms in total. The highest BCUT2D eigenvalue weighted by molar-refractivity contribution is 7.23. The minimum absolute atomic E-state index is 0.303. The van der Waals surface area contributed by atoms with Gasteiger partial charge in [0, 0.05) is 5.46 Å². The number of halogens is 2. The van der Waals surface area contributed by atoms with Crippen LogP contribution in [0.3, 0.4) is 0 Å². The van der Waals surface area contributed by atoms with Crippen molar-refractivity contribution in [2.75, 3.05) is 0 Å². The van der Waals surface area contributed by atoms with Crippen LogP contribution in [0.4, 0.5) is 0 Å². The average Bonchev–Trinajstić information content (AvgIpc) is 2.46. The zero-order valence-corrected chi connectivity index (χ0v) is 9.20. The predicted molar refractivity (Wildman–Crippen MR) is 61.7 cm³/mol. The molecule has 1 heterocycles. The van der Waals surface area contributed by atoms with Crippen molar-refractivity contribution in [2.24, 2.45) is 0 Å². The second-order valence-corrected chi connectivity index (χ2v) is 4.87. The van der Waals surface area contributed by atoms with Crippen molar-refractivity contribution in [1.82, 2.24) is 0 Å². The van der Waals surface area contributed by atoms with Gasteiger partial charge in [-0.2, -0.15) is 0 Å². The Balaban J connectivity index is 2.74. The highest BCUT2D eigenvalue weighted by Gasteiger charge is 2.17. The number of benzene rings is 1. The van der Waals surface area contributed by atoms with Crippen LogP contribution in [0.25, 0.3) is 10.1 Å². The first kappa shape index (κ1) is 10.3. The van der Waals surface area contributed by atoms with Gasteiger partial charge in [0.05, 0.1) is 14.1 Å². The summed E-state index contributed by atoms with van der Waals surface area (Å²) >= 11 is 13.1. The molecule has 0 aliphatic heterocycles. The van der Waals surface area contributed by atoms with Crippen LogP contribution in [0.2, 0.25) is 9.36 Å². The Kier molecular flexibility index (Phi) is 2.73. The van der Waals surface area contributed by atoms with E-state index in [1.165, 1.54) is 11.3 Å². The Morgan fingerprint density at radius 2 is 1.93 bits per heavy atom. The lowest BCUT2D eigenvalue weighted by atomic mass is 9.80. The van der Waals surface area contributed by atoms with Gasteiger partial charge in [-0.15, -0.1) is 11.3 Å². The van der Waals surface area contributed by atoms with E-state index in [1.54, 1.807) is 18.2 Å². The van der Waals surface area contributed by atoms with Crippen LogP contribution in [0.15, 0.2) is 18.2 Å². The number of hydrogen-bond acceptors (Lipinski definition) is 3. The zero-order valence-electron chi connectivity index (χ0n) is 6.87. The van der Waals surface area contributed by atoms with Crippen LogP contribution in [0.5, 0.6) is 0 Å². The molecule has 14 heavy (non-hydrogen) atoms. The molecular formula is C8H5BCl2O2S. The summed E-state index contributed by atoms with van der Waals surface area (Å²) in [6, 6.07) is 5.14. The average molecular weight is 247 g/mol. The molecule has 2 rings (SSSR count). The second kappa shape index (κ2) is 3.72. The fraction of sp³-hybridized carbons (Fsp3) is 0. The lowest BCUT2D eigenvalue weighted by Crippen LogP contribution is -2.30. The summed E-state index contributed by atoms with van der Waals surface area (Å²) in [6.45, 7) is 0. The van der Waals surface area contributed by atoms with E-state index in [0.29, 0.717) is 14.8 Å². The van der Waals surface area contributed by atoms with Gasteiger partial charge in [0.1, 0.15) is 0 Å². The molecule has 1 aromatic heterocycles. The predicted octanol–water partition coefficient (Wildman–Crippen LogP) is 1.89. The number of hydrogen-bond donors (Lipinski definition) is 2. The van der Waals surface area contributed by atoms with Crippen molar-refractivity contribution < 1.29 is 10.0 Å². The van der Waals surface area contributed by atoms with Crippen LogP contribution in [-0.4, -0.2) is 17.2 Å². The maximum absolute atomic E-state index is 9.01. The van der Waals surface area contributed by atoms with E-state index in [4.69, 9.17) is 33.2 Å². The topological polar surface area (TPSA) is 40.5 Å². The summed E-state index contributed by atoms with van der Waals surface area (Å²) in [5, 5.41) is 19.3. The Hall–Kier alpha value is -0.255. The highest BCUT2D eigenvalue weighted by Crippen LogP contribution is 2.33. The maximum Gasteiger partial charge on any atom is 0.490 e. The Morgan fingerprint density at radius 3 is 2.57 bits per heavy atom. The third kappa shape index (κ3) is 1.64. The van der Waals surface area contributed by atoms with E-state index < -0.39 is 7.12 Å². The number of fused-ring (bicyclic) bond motifs is 1. The van der Waals surface area contributed by atoms with Gasteiger partial charge in [-0.3, -0.25) is 0 Å². The van der Waals surface area contributed by atoms with Crippen molar-refractivity contribution in [2.45, 2.75) is 0 Å². The molecule has 0 amide bonds. The molecule has 0 fully saturated rings. The molecule has 0 atom stereocenters. The van der Waals surface area contributed by atoms with E-state index in [9.17, 15) is 0 Å². The summed E-state index contributed by atoms with van der Waals surface area (Å²) in [5.74, 6) is 0. The number of rotatable bonds is 1. The fourth-order valence-corrected chi connectivity index (χ4v) is 2.82. The molecule has 0 saturated heterocycles. The third-order valence-electron chi connectivity index (χ3n) is 1.90. The van der Waals surface area contributed by atoms with E-state index in [1.807, 2.05) is 0 Å². The van der Waals surface area contributed by atoms with Crippen LogP contribution in [-0.2, 0) is 0 Å². The van der Waals surface area contributed by atoms with Crippen molar-refractivity contribution in [1.29, 1.82) is 0 Å². The minimum atomic E-state index is -1.55. The van der Waals surface area contributed by atoms with Gasteiger partial charge in [-0.05, 0) is 11.5 Å². The first-order valence-corrected chi connectivity index (χ1v) is 5.40. The second-order valence-electron chi connectivity index (χ2n) is 2.81. The standard InChI is InChI=1S/C8H5BCl2O2S/c10-6-3-4-1-2-5(9(12)13)7(11)8(4)14-6/h1-3,12-13H. The Bertz CT molecular complexity index is 483. The normalized spacial score (nSPS) is 10.9. The molecule has 0 saturated carbocycles. The first-order chi connectivity index (χ1) is 6.59. The number of thiophene rings is 1. The SMILES string of the molecule is OB(O)c1ccc2cc(Cl)sc2c1Cl. The monoisotopic (exact) mass is 246 g/mol. The van der Waals surface area contributed by atoms with E-state index in [0.717, 1.165) is 10.1 Å². The molecule has 0 aliphatic rings. The van der Waals surface area contributed by atoms with Gasteiger partial charge < -0.3 is 10.0 Å². The van der Waals surface area contributed by atoms with Crippen molar-refractivity contribution in [3.05, 3.63) is 27.6 Å². The van der Waals surface area contributed by atoms with Crippen molar-refractivity contribution >= 4 is 57.2 Å². The molecule has 0 bridgehead atoms. The Morgan fingerprint density at radius 1 is 1.21 bits per heavy atom. The summed E-state index contributed by atoms with van der Waals surface area (Å²) in [5.41, 5.74) is 0.303.